The van der Waals surface area contributed by atoms with Crippen LogP contribution in [-0.2, 0) is 9.84 Å². The maximum atomic E-state index is 11.4. The standard InChI is InChI=1S/C14H21NO2S/c1-10-3-4-13(7-11(10)2)14(15)8-12-5-6-18(16,17)9-12/h3-4,7,12,14H,5-6,8-9,15H2,1-2H3. The van der Waals surface area contributed by atoms with Crippen LogP contribution in [0.25, 0.3) is 0 Å². The lowest BCUT2D eigenvalue weighted by atomic mass is 9.93. The van der Waals surface area contributed by atoms with E-state index in [1.54, 1.807) is 0 Å². The van der Waals surface area contributed by atoms with Gasteiger partial charge < -0.3 is 5.73 Å². The van der Waals surface area contributed by atoms with Gasteiger partial charge in [0, 0.05) is 6.04 Å². The van der Waals surface area contributed by atoms with E-state index in [0.29, 0.717) is 11.5 Å². The molecule has 4 heteroatoms. The third-order valence-corrected chi connectivity index (χ3v) is 5.71. The fourth-order valence-corrected chi connectivity index (χ4v) is 4.43. The zero-order chi connectivity index (χ0) is 13.3. The maximum absolute atomic E-state index is 11.4. The molecule has 1 aromatic rings. The molecule has 1 fully saturated rings. The summed E-state index contributed by atoms with van der Waals surface area (Å²) >= 11 is 0. The van der Waals surface area contributed by atoms with Crippen LogP contribution in [0, 0.1) is 19.8 Å². The molecule has 0 bridgehead atoms. The number of hydrogen-bond donors (Lipinski definition) is 1. The van der Waals surface area contributed by atoms with Crippen molar-refractivity contribution in [1.29, 1.82) is 0 Å². The average molecular weight is 267 g/mol. The summed E-state index contributed by atoms with van der Waals surface area (Å²) < 4.78 is 22.8. The quantitative estimate of drug-likeness (QED) is 0.912. The number of aryl methyl sites for hydroxylation is 2. The fraction of sp³-hybridized carbons (Fsp3) is 0.571. The lowest BCUT2D eigenvalue weighted by molar-refractivity contribution is 0.481. The largest absolute Gasteiger partial charge is 0.324 e. The second-order valence-corrected chi connectivity index (χ2v) is 7.68. The molecule has 1 aliphatic rings. The monoisotopic (exact) mass is 267 g/mol. The van der Waals surface area contributed by atoms with Crippen molar-refractivity contribution < 1.29 is 8.42 Å². The molecule has 1 aromatic carbocycles. The van der Waals surface area contributed by atoms with Crippen LogP contribution >= 0.6 is 0 Å². The zero-order valence-electron chi connectivity index (χ0n) is 11.0. The molecule has 2 unspecified atom stereocenters. The summed E-state index contributed by atoms with van der Waals surface area (Å²) in [5, 5.41) is 0. The first kappa shape index (κ1) is 13.6. The molecule has 3 nitrogen and oxygen atoms in total. The molecule has 2 rings (SSSR count). The number of benzene rings is 1. The molecule has 0 aromatic heterocycles. The first-order chi connectivity index (χ1) is 8.37. The molecule has 2 N–H and O–H groups in total. The topological polar surface area (TPSA) is 60.2 Å². The molecular formula is C14H21NO2S. The molecule has 2 atom stereocenters. The summed E-state index contributed by atoms with van der Waals surface area (Å²) in [6.45, 7) is 4.15. The van der Waals surface area contributed by atoms with Gasteiger partial charge in [0.25, 0.3) is 0 Å². The SMILES string of the molecule is Cc1ccc(C(N)CC2CCS(=O)(=O)C2)cc1C. The van der Waals surface area contributed by atoms with Crippen LogP contribution in [0.1, 0.15) is 35.6 Å². The van der Waals surface area contributed by atoms with Crippen molar-refractivity contribution >= 4 is 9.84 Å². The second kappa shape index (κ2) is 5.02. The summed E-state index contributed by atoms with van der Waals surface area (Å²) in [5.74, 6) is 0.870. The summed E-state index contributed by atoms with van der Waals surface area (Å²) in [5.41, 5.74) is 9.80. The predicted octanol–water partition coefficient (Wildman–Crippen LogP) is 2.13. The second-order valence-electron chi connectivity index (χ2n) is 5.45. The molecule has 1 saturated heterocycles. The minimum Gasteiger partial charge on any atom is -0.324 e. The van der Waals surface area contributed by atoms with E-state index in [9.17, 15) is 8.42 Å². The van der Waals surface area contributed by atoms with E-state index in [2.05, 4.69) is 32.0 Å². The minimum atomic E-state index is -2.79. The van der Waals surface area contributed by atoms with Crippen molar-refractivity contribution in [3.05, 3.63) is 34.9 Å². The molecule has 0 spiro atoms. The Labute approximate surface area is 109 Å². The van der Waals surface area contributed by atoms with Crippen molar-refractivity contribution in [2.75, 3.05) is 11.5 Å². The smallest absolute Gasteiger partial charge is 0.150 e. The van der Waals surface area contributed by atoms with E-state index in [-0.39, 0.29) is 12.0 Å². The molecule has 1 heterocycles. The van der Waals surface area contributed by atoms with Gasteiger partial charge in [-0.15, -0.1) is 0 Å². The van der Waals surface area contributed by atoms with Gasteiger partial charge in [-0.3, -0.25) is 0 Å². The third kappa shape index (κ3) is 3.12. The summed E-state index contributed by atoms with van der Waals surface area (Å²) in [6, 6.07) is 6.19. The predicted molar refractivity (Wildman–Crippen MR) is 74.2 cm³/mol. The van der Waals surface area contributed by atoms with Crippen LogP contribution in [0.3, 0.4) is 0 Å². The Hall–Kier alpha value is -0.870. The summed E-state index contributed by atoms with van der Waals surface area (Å²) in [4.78, 5) is 0. The van der Waals surface area contributed by atoms with E-state index in [0.717, 1.165) is 18.4 Å². The lowest BCUT2D eigenvalue weighted by Gasteiger charge is -2.17. The molecule has 0 saturated carbocycles. The van der Waals surface area contributed by atoms with Gasteiger partial charge in [0.2, 0.25) is 0 Å². The van der Waals surface area contributed by atoms with E-state index in [4.69, 9.17) is 5.73 Å². The molecule has 0 radical (unpaired) electrons. The van der Waals surface area contributed by atoms with Gasteiger partial charge in [-0.1, -0.05) is 18.2 Å². The molecule has 1 aliphatic heterocycles. The molecule has 0 aliphatic carbocycles. The van der Waals surface area contributed by atoms with Crippen molar-refractivity contribution in [3.63, 3.8) is 0 Å². The van der Waals surface area contributed by atoms with E-state index < -0.39 is 9.84 Å². The van der Waals surface area contributed by atoms with Crippen LogP contribution < -0.4 is 5.73 Å². The normalized spacial score (nSPS) is 24.1. The highest BCUT2D eigenvalue weighted by molar-refractivity contribution is 7.91. The van der Waals surface area contributed by atoms with Gasteiger partial charge in [-0.25, -0.2) is 8.42 Å². The summed E-state index contributed by atoms with van der Waals surface area (Å²) in [6.07, 6.45) is 1.53. The van der Waals surface area contributed by atoms with Gasteiger partial charge in [0.15, 0.2) is 9.84 Å². The first-order valence-electron chi connectivity index (χ1n) is 6.40. The Morgan fingerprint density at radius 3 is 2.61 bits per heavy atom. The minimum absolute atomic E-state index is 0.0531. The molecule has 100 valence electrons. The van der Waals surface area contributed by atoms with Gasteiger partial charge in [-0.2, -0.15) is 0 Å². The van der Waals surface area contributed by atoms with Crippen LogP contribution in [0.5, 0.6) is 0 Å². The van der Waals surface area contributed by atoms with Gasteiger partial charge in [0.1, 0.15) is 0 Å². The Balaban J connectivity index is 2.04. The third-order valence-electron chi connectivity index (χ3n) is 3.87. The van der Waals surface area contributed by atoms with Crippen LogP contribution in [0.2, 0.25) is 0 Å². The van der Waals surface area contributed by atoms with Gasteiger partial charge >= 0.3 is 0 Å². The van der Waals surface area contributed by atoms with Gasteiger partial charge in [-0.05, 0) is 49.3 Å². The highest BCUT2D eigenvalue weighted by Gasteiger charge is 2.29. The van der Waals surface area contributed by atoms with E-state index in [1.807, 2.05) is 0 Å². The van der Waals surface area contributed by atoms with E-state index in [1.165, 1.54) is 11.1 Å². The molecule has 18 heavy (non-hydrogen) atoms. The number of nitrogens with two attached hydrogens (primary N) is 1. The average Bonchev–Trinajstić information content (AvgIpc) is 2.62. The van der Waals surface area contributed by atoms with Crippen molar-refractivity contribution in [2.24, 2.45) is 11.7 Å². The molecular weight excluding hydrogens is 246 g/mol. The van der Waals surface area contributed by atoms with Crippen molar-refractivity contribution in [1.82, 2.24) is 0 Å². The fourth-order valence-electron chi connectivity index (χ4n) is 2.55. The Bertz CT molecular complexity index is 537. The van der Waals surface area contributed by atoms with Crippen LogP contribution in [0.15, 0.2) is 18.2 Å². The maximum Gasteiger partial charge on any atom is 0.150 e. The zero-order valence-corrected chi connectivity index (χ0v) is 11.8. The highest BCUT2D eigenvalue weighted by atomic mass is 32.2. The van der Waals surface area contributed by atoms with E-state index >= 15 is 0 Å². The lowest BCUT2D eigenvalue weighted by Crippen LogP contribution is -2.16. The summed E-state index contributed by atoms with van der Waals surface area (Å²) in [7, 11) is -2.79. The Morgan fingerprint density at radius 1 is 1.33 bits per heavy atom. The highest BCUT2D eigenvalue weighted by Crippen LogP contribution is 2.28. The van der Waals surface area contributed by atoms with Gasteiger partial charge in [0.05, 0.1) is 11.5 Å². The van der Waals surface area contributed by atoms with Crippen molar-refractivity contribution in [3.8, 4) is 0 Å². The number of hydrogen-bond acceptors (Lipinski definition) is 3. The Morgan fingerprint density at radius 2 is 2.06 bits per heavy atom. The number of sulfone groups is 1. The van der Waals surface area contributed by atoms with Crippen molar-refractivity contribution in [2.45, 2.75) is 32.7 Å². The van der Waals surface area contributed by atoms with Crippen LogP contribution in [-0.4, -0.2) is 19.9 Å². The molecule has 0 amide bonds. The Kier molecular flexibility index (Phi) is 3.78. The first-order valence-corrected chi connectivity index (χ1v) is 8.23. The van der Waals surface area contributed by atoms with Crippen LogP contribution in [0.4, 0.5) is 0 Å². The number of rotatable bonds is 3.